The van der Waals surface area contributed by atoms with Gasteiger partial charge in [0.25, 0.3) is 0 Å². The van der Waals surface area contributed by atoms with Crippen molar-refractivity contribution in [3.63, 3.8) is 0 Å². The molecular formula is C16H18N4O. The molecule has 0 bridgehead atoms. The van der Waals surface area contributed by atoms with Crippen molar-refractivity contribution in [2.24, 2.45) is 0 Å². The lowest BCUT2D eigenvalue weighted by Crippen LogP contribution is -2.18. The quantitative estimate of drug-likeness (QED) is 0.745. The Labute approximate surface area is 123 Å². The van der Waals surface area contributed by atoms with E-state index in [1.165, 1.54) is 0 Å². The summed E-state index contributed by atoms with van der Waals surface area (Å²) in [5, 5.41) is 0. The third kappa shape index (κ3) is 3.20. The highest BCUT2D eigenvalue weighted by Gasteiger charge is 2.09. The number of hydrogen-bond acceptors (Lipinski definition) is 5. The minimum absolute atomic E-state index is 0.629. The van der Waals surface area contributed by atoms with Gasteiger partial charge in [-0.3, -0.25) is 9.88 Å². The number of nitrogens with zero attached hydrogens (tertiary/aromatic N) is 3. The average molecular weight is 282 g/mol. The number of oxazole rings is 1. The van der Waals surface area contributed by atoms with Crippen LogP contribution in [0.2, 0.25) is 0 Å². The molecule has 2 aromatic heterocycles. The second kappa shape index (κ2) is 5.54. The molecule has 0 spiro atoms. The summed E-state index contributed by atoms with van der Waals surface area (Å²) in [7, 11) is 2.02. The van der Waals surface area contributed by atoms with Gasteiger partial charge in [-0.15, -0.1) is 0 Å². The van der Waals surface area contributed by atoms with Crippen LogP contribution in [0.5, 0.6) is 0 Å². The van der Waals surface area contributed by atoms with E-state index in [4.69, 9.17) is 10.2 Å². The van der Waals surface area contributed by atoms with Crippen molar-refractivity contribution in [3.05, 3.63) is 53.7 Å². The second-order valence-electron chi connectivity index (χ2n) is 5.28. The molecule has 5 nitrogen and oxygen atoms in total. The van der Waals surface area contributed by atoms with Gasteiger partial charge in [0.2, 0.25) is 5.89 Å². The van der Waals surface area contributed by atoms with Crippen LogP contribution in [0, 0.1) is 6.92 Å². The lowest BCUT2D eigenvalue weighted by atomic mass is 10.3. The number of pyridine rings is 1. The molecule has 1 aromatic carbocycles. The fourth-order valence-corrected chi connectivity index (χ4v) is 2.31. The van der Waals surface area contributed by atoms with E-state index >= 15 is 0 Å². The van der Waals surface area contributed by atoms with Crippen molar-refractivity contribution < 1.29 is 4.42 Å². The zero-order chi connectivity index (χ0) is 14.8. The van der Waals surface area contributed by atoms with E-state index in [-0.39, 0.29) is 0 Å². The van der Waals surface area contributed by atoms with Gasteiger partial charge < -0.3 is 10.2 Å². The Morgan fingerprint density at radius 3 is 2.81 bits per heavy atom. The molecular weight excluding hydrogens is 264 g/mol. The molecule has 2 heterocycles. The lowest BCUT2D eigenvalue weighted by Gasteiger charge is -2.13. The molecule has 5 heteroatoms. The van der Waals surface area contributed by atoms with Gasteiger partial charge in [-0.1, -0.05) is 6.07 Å². The van der Waals surface area contributed by atoms with Gasteiger partial charge in [-0.25, -0.2) is 4.98 Å². The van der Waals surface area contributed by atoms with E-state index in [1.54, 1.807) is 0 Å². The van der Waals surface area contributed by atoms with E-state index in [1.807, 2.05) is 50.4 Å². The van der Waals surface area contributed by atoms with Gasteiger partial charge in [0.15, 0.2) is 5.58 Å². The molecule has 0 aliphatic carbocycles. The van der Waals surface area contributed by atoms with E-state index < -0.39 is 0 Å². The van der Waals surface area contributed by atoms with Crippen molar-refractivity contribution in [1.82, 2.24) is 14.9 Å². The molecule has 0 radical (unpaired) electrons. The molecule has 21 heavy (non-hydrogen) atoms. The maximum atomic E-state index is 5.75. The van der Waals surface area contributed by atoms with Crippen molar-refractivity contribution in [2.45, 2.75) is 20.0 Å². The van der Waals surface area contributed by atoms with Crippen LogP contribution in [0.15, 0.2) is 40.8 Å². The standard InChI is InChI=1S/C16H18N4O/c1-11-4-3-5-13(18-11)9-20(2)10-16-19-14-8-12(17)6-7-15(14)21-16/h3-8H,9-10,17H2,1-2H3. The van der Waals surface area contributed by atoms with Crippen LogP contribution < -0.4 is 5.73 Å². The molecule has 0 saturated heterocycles. The number of benzene rings is 1. The van der Waals surface area contributed by atoms with Crippen LogP contribution in [0.4, 0.5) is 5.69 Å². The smallest absolute Gasteiger partial charge is 0.209 e. The first-order chi connectivity index (χ1) is 10.1. The monoisotopic (exact) mass is 282 g/mol. The van der Waals surface area contributed by atoms with E-state index in [0.29, 0.717) is 18.1 Å². The van der Waals surface area contributed by atoms with E-state index in [9.17, 15) is 0 Å². The Balaban J connectivity index is 1.72. The van der Waals surface area contributed by atoms with Crippen LogP contribution in [0.1, 0.15) is 17.3 Å². The summed E-state index contributed by atoms with van der Waals surface area (Å²) in [5.41, 5.74) is 10.1. The van der Waals surface area contributed by atoms with Gasteiger partial charge in [-0.05, 0) is 44.3 Å². The Hall–Kier alpha value is -2.40. The maximum Gasteiger partial charge on any atom is 0.209 e. The number of nitrogens with two attached hydrogens (primary N) is 1. The zero-order valence-corrected chi connectivity index (χ0v) is 12.2. The number of aryl methyl sites for hydroxylation is 1. The zero-order valence-electron chi connectivity index (χ0n) is 12.2. The molecule has 0 fully saturated rings. The van der Waals surface area contributed by atoms with Crippen molar-refractivity contribution in [3.8, 4) is 0 Å². The fraction of sp³-hybridized carbons (Fsp3) is 0.250. The van der Waals surface area contributed by atoms with Gasteiger partial charge >= 0.3 is 0 Å². The molecule has 0 saturated carbocycles. The van der Waals surface area contributed by atoms with E-state index in [2.05, 4.69) is 14.9 Å². The molecule has 3 rings (SSSR count). The van der Waals surface area contributed by atoms with Crippen LogP contribution in [0.25, 0.3) is 11.1 Å². The summed E-state index contributed by atoms with van der Waals surface area (Å²) in [6, 6.07) is 11.5. The SMILES string of the molecule is Cc1cccc(CN(C)Cc2nc3cc(N)ccc3o2)n1. The summed E-state index contributed by atoms with van der Waals surface area (Å²) < 4.78 is 5.73. The predicted octanol–water partition coefficient (Wildman–Crippen LogP) is 2.75. The number of hydrogen-bond donors (Lipinski definition) is 1. The summed E-state index contributed by atoms with van der Waals surface area (Å²) in [6.45, 7) is 3.38. The molecule has 0 atom stereocenters. The number of anilines is 1. The highest BCUT2D eigenvalue weighted by atomic mass is 16.3. The van der Waals surface area contributed by atoms with Gasteiger partial charge in [0.1, 0.15) is 5.52 Å². The summed E-state index contributed by atoms with van der Waals surface area (Å²) in [5.74, 6) is 0.686. The number of nitrogen functional groups attached to an aromatic ring is 1. The van der Waals surface area contributed by atoms with Crippen LogP contribution in [-0.4, -0.2) is 21.9 Å². The molecule has 0 amide bonds. The van der Waals surface area contributed by atoms with Crippen molar-refractivity contribution in [1.29, 1.82) is 0 Å². The summed E-state index contributed by atoms with van der Waals surface area (Å²) in [4.78, 5) is 11.1. The normalized spacial score (nSPS) is 11.4. The van der Waals surface area contributed by atoms with Crippen LogP contribution >= 0.6 is 0 Å². The Bertz CT molecular complexity index is 766. The third-order valence-electron chi connectivity index (χ3n) is 3.24. The first-order valence-corrected chi connectivity index (χ1v) is 6.86. The average Bonchev–Trinajstić information content (AvgIpc) is 2.79. The number of fused-ring (bicyclic) bond motifs is 1. The largest absolute Gasteiger partial charge is 0.439 e. The molecule has 3 aromatic rings. The molecule has 0 unspecified atom stereocenters. The Morgan fingerprint density at radius 2 is 2.00 bits per heavy atom. The number of rotatable bonds is 4. The van der Waals surface area contributed by atoms with E-state index in [0.717, 1.165) is 29.0 Å². The molecule has 0 aliphatic rings. The molecule has 108 valence electrons. The Morgan fingerprint density at radius 1 is 1.14 bits per heavy atom. The van der Waals surface area contributed by atoms with Crippen LogP contribution in [-0.2, 0) is 13.1 Å². The third-order valence-corrected chi connectivity index (χ3v) is 3.24. The highest BCUT2D eigenvalue weighted by Crippen LogP contribution is 2.19. The summed E-state index contributed by atoms with van der Waals surface area (Å²) >= 11 is 0. The summed E-state index contributed by atoms with van der Waals surface area (Å²) in [6.07, 6.45) is 0. The fourth-order valence-electron chi connectivity index (χ4n) is 2.31. The Kier molecular flexibility index (Phi) is 3.58. The van der Waals surface area contributed by atoms with Crippen LogP contribution in [0.3, 0.4) is 0 Å². The lowest BCUT2D eigenvalue weighted by molar-refractivity contribution is 0.282. The van der Waals surface area contributed by atoms with Crippen molar-refractivity contribution in [2.75, 3.05) is 12.8 Å². The minimum atomic E-state index is 0.629. The van der Waals surface area contributed by atoms with Gasteiger partial charge in [-0.2, -0.15) is 0 Å². The first kappa shape index (κ1) is 13.6. The molecule has 0 aliphatic heterocycles. The minimum Gasteiger partial charge on any atom is -0.439 e. The molecule has 2 N–H and O–H groups in total. The first-order valence-electron chi connectivity index (χ1n) is 6.86. The van der Waals surface area contributed by atoms with Gasteiger partial charge in [0.05, 0.1) is 12.2 Å². The highest BCUT2D eigenvalue weighted by molar-refractivity contribution is 5.76. The topological polar surface area (TPSA) is 68.2 Å². The van der Waals surface area contributed by atoms with Crippen molar-refractivity contribution >= 4 is 16.8 Å². The van der Waals surface area contributed by atoms with Gasteiger partial charge in [0, 0.05) is 17.9 Å². The number of aromatic nitrogens is 2. The maximum absolute atomic E-state index is 5.75. The second-order valence-corrected chi connectivity index (χ2v) is 5.28. The predicted molar refractivity (Wildman–Crippen MR) is 82.6 cm³/mol.